The highest BCUT2D eigenvalue weighted by molar-refractivity contribution is 6.32. The second kappa shape index (κ2) is 7.09. The summed E-state index contributed by atoms with van der Waals surface area (Å²) in [5.74, 6) is 0.434. The molecule has 0 aliphatic rings. The Morgan fingerprint density at radius 2 is 2.19 bits per heavy atom. The molecule has 110 valence electrons. The maximum Gasteiger partial charge on any atom is 0.255 e. The zero-order valence-corrected chi connectivity index (χ0v) is 12.8. The molecule has 4 nitrogen and oxygen atoms in total. The average Bonchev–Trinajstić information content (AvgIpc) is 2.49. The van der Waals surface area contributed by atoms with Gasteiger partial charge in [0, 0.05) is 11.8 Å². The van der Waals surface area contributed by atoms with Crippen molar-refractivity contribution in [2.24, 2.45) is 0 Å². The van der Waals surface area contributed by atoms with Crippen LogP contribution in [0.2, 0.25) is 5.15 Å². The number of nitrogens with zero attached hydrogens (tertiary/aromatic N) is 1. The van der Waals surface area contributed by atoms with Gasteiger partial charge in [-0.25, -0.2) is 4.98 Å². The van der Waals surface area contributed by atoms with Crippen molar-refractivity contribution in [2.75, 3.05) is 11.9 Å². The molecule has 1 heterocycles. The van der Waals surface area contributed by atoms with E-state index in [1.165, 1.54) is 0 Å². The lowest BCUT2D eigenvalue weighted by Crippen LogP contribution is -2.13. The number of hydrogen-bond donors (Lipinski definition) is 1. The molecule has 0 aliphatic heterocycles. The fraction of sp³-hybridized carbons (Fsp3) is 0.250. The van der Waals surface area contributed by atoms with Crippen LogP contribution in [-0.4, -0.2) is 17.5 Å². The van der Waals surface area contributed by atoms with Gasteiger partial charge in [0.25, 0.3) is 5.91 Å². The van der Waals surface area contributed by atoms with Crippen LogP contribution < -0.4 is 10.1 Å². The highest BCUT2D eigenvalue weighted by Crippen LogP contribution is 2.21. The minimum absolute atomic E-state index is 0.244. The van der Waals surface area contributed by atoms with Crippen LogP contribution in [0.3, 0.4) is 0 Å². The highest BCUT2D eigenvalue weighted by Gasteiger charge is 2.10. The minimum Gasteiger partial charge on any atom is -0.494 e. The fourth-order valence-electron chi connectivity index (χ4n) is 1.78. The molecule has 0 atom stereocenters. The van der Waals surface area contributed by atoms with E-state index in [1.54, 1.807) is 30.5 Å². The van der Waals surface area contributed by atoms with Gasteiger partial charge >= 0.3 is 0 Å². The Morgan fingerprint density at radius 3 is 2.95 bits per heavy atom. The maximum absolute atomic E-state index is 12.3. The quantitative estimate of drug-likeness (QED) is 0.847. The van der Waals surface area contributed by atoms with Crippen molar-refractivity contribution in [3.05, 3.63) is 52.8 Å². The average molecular weight is 305 g/mol. The van der Waals surface area contributed by atoms with Gasteiger partial charge in [-0.2, -0.15) is 0 Å². The third-order valence-corrected chi connectivity index (χ3v) is 3.09. The molecule has 0 fully saturated rings. The number of ether oxygens (including phenoxy) is 1. The molecular weight excluding hydrogens is 288 g/mol. The molecule has 1 N–H and O–H groups in total. The normalized spacial score (nSPS) is 10.2. The van der Waals surface area contributed by atoms with Crippen LogP contribution in [0.4, 0.5) is 5.69 Å². The number of amides is 1. The molecule has 2 aromatic rings. The number of benzene rings is 1. The van der Waals surface area contributed by atoms with Crippen LogP contribution in [0.15, 0.2) is 36.5 Å². The fourth-order valence-corrected chi connectivity index (χ4v) is 1.93. The first kappa shape index (κ1) is 15.3. The molecule has 0 saturated heterocycles. The van der Waals surface area contributed by atoms with Crippen LogP contribution in [0.25, 0.3) is 0 Å². The van der Waals surface area contributed by atoms with Gasteiger partial charge in [0.05, 0.1) is 12.3 Å². The number of aryl methyl sites for hydroxylation is 1. The van der Waals surface area contributed by atoms with Crippen LogP contribution in [0.1, 0.15) is 29.3 Å². The number of aromatic nitrogens is 1. The molecule has 0 unspecified atom stereocenters. The molecule has 21 heavy (non-hydrogen) atoms. The number of anilines is 1. The number of carbonyl (C=O) groups is 1. The van der Waals surface area contributed by atoms with Gasteiger partial charge in [0.2, 0.25) is 0 Å². The monoisotopic (exact) mass is 304 g/mol. The van der Waals surface area contributed by atoms with Crippen LogP contribution >= 0.6 is 11.6 Å². The van der Waals surface area contributed by atoms with E-state index in [2.05, 4.69) is 10.3 Å². The summed E-state index contributed by atoms with van der Waals surface area (Å²) < 4.78 is 5.52. The number of carbonyl (C=O) groups excluding carboxylic acids is 1. The number of halogens is 1. The van der Waals surface area contributed by atoms with Gasteiger partial charge in [-0.3, -0.25) is 4.79 Å². The van der Waals surface area contributed by atoms with Crippen LogP contribution in [0, 0.1) is 6.92 Å². The summed E-state index contributed by atoms with van der Waals surface area (Å²) in [5, 5.41) is 3.03. The summed E-state index contributed by atoms with van der Waals surface area (Å²) in [6.45, 7) is 4.54. The Kier molecular flexibility index (Phi) is 5.17. The van der Waals surface area contributed by atoms with E-state index in [0.717, 1.165) is 12.0 Å². The van der Waals surface area contributed by atoms with Crippen molar-refractivity contribution in [2.45, 2.75) is 20.3 Å². The minimum atomic E-state index is -0.244. The van der Waals surface area contributed by atoms with Crippen molar-refractivity contribution in [3.8, 4) is 5.75 Å². The zero-order valence-electron chi connectivity index (χ0n) is 12.0. The van der Waals surface area contributed by atoms with E-state index in [9.17, 15) is 4.79 Å². The topological polar surface area (TPSA) is 51.2 Å². The third kappa shape index (κ3) is 4.20. The maximum atomic E-state index is 12.3. The molecule has 5 heteroatoms. The summed E-state index contributed by atoms with van der Waals surface area (Å²) in [7, 11) is 0. The van der Waals surface area contributed by atoms with Crippen molar-refractivity contribution in [1.29, 1.82) is 0 Å². The summed E-state index contributed by atoms with van der Waals surface area (Å²) in [6, 6.07) is 8.84. The van der Waals surface area contributed by atoms with Crippen molar-refractivity contribution < 1.29 is 9.53 Å². The lowest BCUT2D eigenvalue weighted by Gasteiger charge is -2.09. The van der Waals surface area contributed by atoms with E-state index in [4.69, 9.17) is 16.3 Å². The predicted molar refractivity (Wildman–Crippen MR) is 84.2 cm³/mol. The molecule has 0 radical (unpaired) electrons. The molecule has 0 aliphatic carbocycles. The molecule has 2 rings (SSSR count). The molecule has 0 spiro atoms. The summed E-state index contributed by atoms with van der Waals surface area (Å²) in [4.78, 5) is 16.3. The largest absolute Gasteiger partial charge is 0.494 e. The van der Waals surface area contributed by atoms with Gasteiger partial charge in [0.1, 0.15) is 5.75 Å². The Bertz CT molecular complexity index is 644. The van der Waals surface area contributed by atoms with E-state index < -0.39 is 0 Å². The van der Waals surface area contributed by atoms with Gasteiger partial charge in [-0.1, -0.05) is 24.6 Å². The SMILES string of the molecule is CCCOc1cccc(C(=O)Nc2cc(C)cnc2Cl)c1. The number of nitrogens with one attached hydrogen (secondary N) is 1. The molecule has 1 aromatic heterocycles. The van der Waals surface area contributed by atoms with Crippen LogP contribution in [0.5, 0.6) is 5.75 Å². The molecule has 0 bridgehead atoms. The number of rotatable bonds is 5. The molecule has 0 saturated carbocycles. The van der Waals surface area contributed by atoms with Crippen molar-refractivity contribution in [1.82, 2.24) is 4.98 Å². The summed E-state index contributed by atoms with van der Waals surface area (Å²) >= 11 is 5.98. The molecular formula is C16H17ClN2O2. The smallest absolute Gasteiger partial charge is 0.255 e. The van der Waals surface area contributed by atoms with E-state index >= 15 is 0 Å². The lowest BCUT2D eigenvalue weighted by molar-refractivity contribution is 0.102. The Morgan fingerprint density at radius 1 is 1.38 bits per heavy atom. The first-order valence-electron chi connectivity index (χ1n) is 6.76. The van der Waals surface area contributed by atoms with Gasteiger partial charge < -0.3 is 10.1 Å². The zero-order chi connectivity index (χ0) is 15.2. The van der Waals surface area contributed by atoms with Crippen molar-refractivity contribution >= 4 is 23.2 Å². The molecule has 1 amide bonds. The Labute approximate surface area is 129 Å². The summed E-state index contributed by atoms with van der Waals surface area (Å²) in [5.41, 5.74) is 1.94. The standard InChI is InChI=1S/C16H17ClN2O2/c1-3-7-21-13-6-4-5-12(9-13)16(20)19-14-8-11(2)10-18-15(14)17/h4-6,8-10H,3,7H2,1-2H3,(H,19,20). The first-order valence-corrected chi connectivity index (χ1v) is 7.14. The van der Waals surface area contributed by atoms with Gasteiger partial charge in [-0.15, -0.1) is 0 Å². The van der Waals surface area contributed by atoms with E-state index in [-0.39, 0.29) is 11.1 Å². The number of hydrogen-bond acceptors (Lipinski definition) is 3. The van der Waals surface area contributed by atoms with E-state index in [0.29, 0.717) is 23.6 Å². The Balaban J connectivity index is 2.14. The van der Waals surface area contributed by atoms with Crippen molar-refractivity contribution in [3.63, 3.8) is 0 Å². The summed E-state index contributed by atoms with van der Waals surface area (Å²) in [6.07, 6.45) is 2.57. The second-order valence-electron chi connectivity index (χ2n) is 4.68. The lowest BCUT2D eigenvalue weighted by atomic mass is 10.2. The molecule has 1 aromatic carbocycles. The first-order chi connectivity index (χ1) is 10.1. The van der Waals surface area contributed by atoms with E-state index in [1.807, 2.05) is 19.9 Å². The highest BCUT2D eigenvalue weighted by atomic mass is 35.5. The number of pyridine rings is 1. The van der Waals surface area contributed by atoms with Gasteiger partial charge in [0.15, 0.2) is 5.15 Å². The Hall–Kier alpha value is -2.07. The third-order valence-electron chi connectivity index (χ3n) is 2.79. The second-order valence-corrected chi connectivity index (χ2v) is 5.04. The van der Waals surface area contributed by atoms with Crippen LogP contribution in [-0.2, 0) is 0 Å². The predicted octanol–water partition coefficient (Wildman–Crippen LogP) is 4.08. The van der Waals surface area contributed by atoms with Gasteiger partial charge in [-0.05, 0) is 43.2 Å².